The van der Waals surface area contributed by atoms with Gasteiger partial charge in [0.25, 0.3) is 0 Å². The first-order valence-corrected chi connectivity index (χ1v) is 7.02. The highest BCUT2D eigenvalue weighted by molar-refractivity contribution is 8.04. The Morgan fingerprint density at radius 1 is 1.47 bits per heavy atom. The minimum absolute atomic E-state index is 0.617. The highest BCUT2D eigenvalue weighted by atomic mass is 32.2. The van der Waals surface area contributed by atoms with E-state index in [-0.39, 0.29) is 0 Å². The minimum atomic E-state index is -1.14. The largest absolute Gasteiger partial charge is 0.481 e. The van der Waals surface area contributed by atoms with Crippen molar-refractivity contribution in [2.45, 2.75) is 44.2 Å². The molecule has 0 bridgehead atoms. The lowest BCUT2D eigenvalue weighted by Crippen LogP contribution is -2.45. The molecule has 7 heteroatoms. The van der Waals surface area contributed by atoms with Crippen LogP contribution in [0.2, 0.25) is 0 Å². The van der Waals surface area contributed by atoms with Crippen LogP contribution in [-0.4, -0.2) is 44.8 Å². The Morgan fingerprint density at radius 2 is 2.11 bits per heavy atom. The number of carbonyl (C=O) groups is 2. The van der Waals surface area contributed by atoms with Crippen molar-refractivity contribution in [2.24, 2.45) is 5.92 Å². The van der Waals surface area contributed by atoms with E-state index in [1.54, 1.807) is 0 Å². The van der Waals surface area contributed by atoms with Crippen molar-refractivity contribution >= 4 is 23.7 Å². The Balaban J connectivity index is 2.90. The minimum Gasteiger partial charge on any atom is -0.481 e. The lowest BCUT2D eigenvalue weighted by molar-refractivity contribution is -0.146. The van der Waals surface area contributed by atoms with Crippen molar-refractivity contribution in [1.29, 1.82) is 0 Å². The Bertz CT molecular complexity index is 382. The molecule has 1 rings (SSSR count). The number of nitrogens with one attached hydrogen (secondary N) is 1. The fourth-order valence-corrected chi connectivity index (χ4v) is 3.41. The monoisotopic (exact) mass is 289 g/mol. The van der Waals surface area contributed by atoms with Crippen LogP contribution in [0, 0.1) is 5.92 Å². The molecular formula is C12H19NO5S. The maximum absolute atomic E-state index is 11.2. The van der Waals surface area contributed by atoms with Crippen LogP contribution < -0.4 is 5.32 Å². The van der Waals surface area contributed by atoms with Gasteiger partial charge in [-0.1, -0.05) is 19.4 Å². The highest BCUT2D eigenvalue weighted by Gasteiger charge is 2.42. The predicted octanol–water partition coefficient (Wildman–Crippen LogP) is 0.868. The molecule has 0 aromatic rings. The molecule has 4 N–H and O–H groups in total. The van der Waals surface area contributed by atoms with Crippen LogP contribution in [0.4, 0.5) is 0 Å². The smallest absolute Gasteiger partial charge is 0.325 e. The maximum Gasteiger partial charge on any atom is 0.325 e. The van der Waals surface area contributed by atoms with Gasteiger partial charge in [0.05, 0.1) is 11.5 Å². The van der Waals surface area contributed by atoms with Crippen LogP contribution in [0.25, 0.3) is 0 Å². The lowest BCUT2D eigenvalue weighted by atomic mass is 10.0. The van der Waals surface area contributed by atoms with Gasteiger partial charge in [-0.05, 0) is 13.3 Å². The topological polar surface area (TPSA) is 107 Å². The number of allylic oxidation sites excluding steroid dienone is 1. The van der Waals surface area contributed by atoms with Gasteiger partial charge in [-0.2, -0.15) is 0 Å². The second-order valence-electron chi connectivity index (χ2n) is 4.48. The van der Waals surface area contributed by atoms with Crippen LogP contribution in [-0.2, 0) is 9.59 Å². The Morgan fingerprint density at radius 3 is 2.53 bits per heavy atom. The highest BCUT2D eigenvalue weighted by Crippen LogP contribution is 2.36. The molecule has 0 amide bonds. The number of thioether (sulfide) groups is 1. The van der Waals surface area contributed by atoms with Gasteiger partial charge < -0.3 is 15.3 Å². The number of aliphatic hydroxyl groups is 1. The zero-order chi connectivity index (χ0) is 14.6. The molecule has 0 aromatic heterocycles. The van der Waals surface area contributed by atoms with E-state index in [9.17, 15) is 14.7 Å². The van der Waals surface area contributed by atoms with Crippen molar-refractivity contribution < 1.29 is 24.9 Å². The molecule has 6 nitrogen and oxygen atoms in total. The quantitative estimate of drug-likeness (QED) is 0.574. The van der Waals surface area contributed by atoms with E-state index in [4.69, 9.17) is 10.2 Å². The number of rotatable bonds is 6. The molecule has 1 saturated heterocycles. The number of carboxylic acid groups (broad SMARTS) is 2. The number of hydrogen-bond acceptors (Lipinski definition) is 5. The average molecular weight is 289 g/mol. The van der Waals surface area contributed by atoms with Crippen LogP contribution in [0.15, 0.2) is 11.0 Å². The molecule has 1 aliphatic heterocycles. The molecule has 1 aliphatic rings. The van der Waals surface area contributed by atoms with Gasteiger partial charge in [0.1, 0.15) is 12.0 Å². The van der Waals surface area contributed by atoms with Gasteiger partial charge in [-0.3, -0.25) is 14.9 Å². The zero-order valence-corrected chi connectivity index (χ0v) is 11.7. The summed E-state index contributed by atoms with van der Waals surface area (Å²) in [6, 6.07) is -0.887. The van der Waals surface area contributed by atoms with E-state index in [1.165, 1.54) is 18.7 Å². The number of carboxylic acids is 2. The summed E-state index contributed by atoms with van der Waals surface area (Å²) in [6.45, 7) is 3.37. The number of hydrogen-bond donors (Lipinski definition) is 4. The van der Waals surface area contributed by atoms with E-state index in [1.807, 2.05) is 13.0 Å². The van der Waals surface area contributed by atoms with Crippen LogP contribution in [0.3, 0.4) is 0 Å². The molecular weight excluding hydrogens is 270 g/mol. The SMILES string of the molecule is CCC/C=C1\S[C@H]([C@H](C(=O)O)[C@@H](C)O)NC1C(=O)O. The van der Waals surface area contributed by atoms with E-state index < -0.39 is 35.4 Å². The van der Waals surface area contributed by atoms with E-state index in [0.717, 1.165) is 12.8 Å². The number of aliphatic hydroxyl groups excluding tert-OH is 1. The van der Waals surface area contributed by atoms with Gasteiger partial charge >= 0.3 is 11.9 Å². The van der Waals surface area contributed by atoms with Crippen molar-refractivity contribution in [3.8, 4) is 0 Å². The summed E-state index contributed by atoms with van der Waals surface area (Å²) in [5.74, 6) is -3.22. The van der Waals surface area contributed by atoms with E-state index >= 15 is 0 Å². The van der Waals surface area contributed by atoms with Crippen molar-refractivity contribution in [3.05, 3.63) is 11.0 Å². The third-order valence-corrected chi connectivity index (χ3v) is 4.25. The Labute approximate surface area is 115 Å². The van der Waals surface area contributed by atoms with Gasteiger partial charge in [0.2, 0.25) is 0 Å². The van der Waals surface area contributed by atoms with Crippen molar-refractivity contribution in [3.63, 3.8) is 0 Å². The summed E-state index contributed by atoms with van der Waals surface area (Å²) in [6.07, 6.45) is 2.40. The molecule has 0 aromatic carbocycles. The van der Waals surface area contributed by atoms with Crippen LogP contribution in [0.5, 0.6) is 0 Å². The fourth-order valence-electron chi connectivity index (χ4n) is 1.91. The number of unbranched alkanes of at least 4 members (excludes halogenated alkanes) is 1. The Kier molecular flexibility index (Phi) is 5.84. The summed E-state index contributed by atoms with van der Waals surface area (Å²) in [7, 11) is 0. The van der Waals surface area contributed by atoms with Crippen molar-refractivity contribution in [1.82, 2.24) is 5.32 Å². The molecule has 108 valence electrons. The predicted molar refractivity (Wildman–Crippen MR) is 71.7 cm³/mol. The third-order valence-electron chi connectivity index (χ3n) is 2.89. The molecule has 1 fully saturated rings. The number of aliphatic carboxylic acids is 2. The first kappa shape index (κ1) is 16.0. The lowest BCUT2D eigenvalue weighted by Gasteiger charge is -2.21. The molecule has 4 atom stereocenters. The van der Waals surface area contributed by atoms with E-state index in [2.05, 4.69) is 5.32 Å². The molecule has 1 heterocycles. The van der Waals surface area contributed by atoms with Gasteiger partial charge in [-0.25, -0.2) is 0 Å². The van der Waals surface area contributed by atoms with Crippen LogP contribution in [0.1, 0.15) is 26.7 Å². The maximum atomic E-state index is 11.2. The van der Waals surface area contributed by atoms with Gasteiger partial charge in [-0.15, -0.1) is 11.8 Å². The summed E-state index contributed by atoms with van der Waals surface area (Å²) in [5.41, 5.74) is 0. The first-order valence-electron chi connectivity index (χ1n) is 6.14. The van der Waals surface area contributed by atoms with Crippen molar-refractivity contribution in [2.75, 3.05) is 0 Å². The standard InChI is InChI=1S/C12H19NO5S/c1-3-4-5-7-9(12(17)18)13-10(19-7)8(6(2)14)11(15)16/h5-6,8-10,13-14H,3-4H2,1-2H3,(H,15,16)(H,17,18)/b7-5-/t6-,8-,9?,10-/m1/s1. The van der Waals surface area contributed by atoms with Gasteiger partial charge in [0.15, 0.2) is 0 Å². The second kappa shape index (κ2) is 6.93. The molecule has 0 radical (unpaired) electrons. The first-order chi connectivity index (χ1) is 8.88. The molecule has 0 saturated carbocycles. The molecule has 19 heavy (non-hydrogen) atoms. The molecule has 1 unspecified atom stereocenters. The summed E-state index contributed by atoms with van der Waals surface area (Å²) in [5, 5.41) is 29.9. The fraction of sp³-hybridized carbons (Fsp3) is 0.667. The molecule has 0 aliphatic carbocycles. The Hall–Kier alpha value is -1.05. The zero-order valence-electron chi connectivity index (χ0n) is 10.9. The summed E-state index contributed by atoms with van der Waals surface area (Å²) in [4.78, 5) is 22.9. The van der Waals surface area contributed by atoms with Crippen LogP contribution >= 0.6 is 11.8 Å². The second-order valence-corrected chi connectivity index (χ2v) is 5.69. The summed E-state index contributed by atoms with van der Waals surface area (Å²) < 4.78 is 0. The summed E-state index contributed by atoms with van der Waals surface area (Å²) >= 11 is 1.18. The molecule has 0 spiro atoms. The average Bonchev–Trinajstić information content (AvgIpc) is 2.69. The normalized spacial score (nSPS) is 28.3. The van der Waals surface area contributed by atoms with Gasteiger partial charge in [0, 0.05) is 4.91 Å². The van der Waals surface area contributed by atoms with E-state index in [0.29, 0.717) is 4.91 Å². The third kappa shape index (κ3) is 3.95.